The maximum Gasteiger partial charge on any atom is 0.0620 e. The fraction of sp³-hybridized carbons (Fsp3) is 0.167. The van der Waals surface area contributed by atoms with Crippen LogP contribution in [-0.4, -0.2) is 7.05 Å². The predicted octanol–water partition coefficient (Wildman–Crippen LogP) is 6.46. The normalized spacial score (nSPS) is 16.8. The second-order valence-corrected chi connectivity index (χ2v) is 7.17. The molecule has 0 heterocycles. The molecular weight excluding hydrogens is 316 g/mol. The highest BCUT2D eigenvalue weighted by Gasteiger charge is 2.24. The van der Waals surface area contributed by atoms with Crippen molar-refractivity contribution in [3.63, 3.8) is 0 Å². The topological polar surface area (TPSA) is 24.1 Å². The van der Waals surface area contributed by atoms with Crippen molar-refractivity contribution in [2.24, 2.45) is 0 Å². The molecule has 0 bridgehead atoms. The Morgan fingerprint density at radius 1 is 1.00 bits per heavy atom. The molecule has 5 rings (SSSR count). The third-order valence-electron chi connectivity index (χ3n) is 5.63. The van der Waals surface area contributed by atoms with E-state index in [-0.39, 0.29) is 0 Å². The lowest BCUT2D eigenvalue weighted by molar-refractivity contribution is 0.861. The molecular formula is C24H22N2. The maximum absolute atomic E-state index is 3.70. The molecule has 2 aliphatic rings. The molecule has 3 aromatic rings. The summed E-state index contributed by atoms with van der Waals surface area (Å²) in [7, 11) is 1.96. The Morgan fingerprint density at radius 3 is 2.69 bits per heavy atom. The Labute approximate surface area is 154 Å². The van der Waals surface area contributed by atoms with E-state index in [4.69, 9.17) is 0 Å². The lowest BCUT2D eigenvalue weighted by Gasteiger charge is -2.28. The van der Waals surface area contributed by atoms with Gasteiger partial charge in [0.2, 0.25) is 0 Å². The van der Waals surface area contributed by atoms with Gasteiger partial charge in [-0.05, 0) is 59.0 Å². The van der Waals surface area contributed by atoms with Gasteiger partial charge >= 0.3 is 0 Å². The zero-order chi connectivity index (χ0) is 17.7. The molecule has 1 atom stereocenters. The number of anilines is 3. The largest absolute Gasteiger partial charge is 0.386 e. The Kier molecular flexibility index (Phi) is 3.39. The van der Waals surface area contributed by atoms with Crippen LogP contribution < -0.4 is 10.6 Å². The van der Waals surface area contributed by atoms with Gasteiger partial charge in [0.15, 0.2) is 0 Å². The van der Waals surface area contributed by atoms with Gasteiger partial charge in [-0.3, -0.25) is 0 Å². The average Bonchev–Trinajstić information content (AvgIpc) is 2.68. The van der Waals surface area contributed by atoms with E-state index in [9.17, 15) is 0 Å². The fourth-order valence-corrected chi connectivity index (χ4v) is 4.39. The van der Waals surface area contributed by atoms with E-state index in [0.717, 1.165) is 17.8 Å². The minimum absolute atomic E-state index is 0.506. The van der Waals surface area contributed by atoms with Gasteiger partial charge in [0.25, 0.3) is 0 Å². The molecule has 0 aromatic heterocycles. The molecule has 0 radical (unpaired) electrons. The third-order valence-corrected chi connectivity index (χ3v) is 5.63. The first kappa shape index (κ1) is 15.3. The molecule has 26 heavy (non-hydrogen) atoms. The van der Waals surface area contributed by atoms with Crippen molar-refractivity contribution in [1.29, 1.82) is 0 Å². The molecule has 2 aliphatic carbocycles. The molecule has 1 unspecified atom stereocenters. The maximum atomic E-state index is 3.70. The van der Waals surface area contributed by atoms with E-state index >= 15 is 0 Å². The van der Waals surface area contributed by atoms with Gasteiger partial charge < -0.3 is 10.6 Å². The average molecular weight is 338 g/mol. The van der Waals surface area contributed by atoms with Crippen molar-refractivity contribution in [3.05, 3.63) is 76.9 Å². The summed E-state index contributed by atoms with van der Waals surface area (Å²) in [6.45, 7) is 2.19. The molecule has 2 nitrogen and oxygen atoms in total. The Balaban J connectivity index is 1.76. The highest BCUT2D eigenvalue weighted by molar-refractivity contribution is 6.04. The SMILES string of the molecule is CNc1ccccc1Nc1c(C)cc2ccc3c4c2c1C=CC4CC=C3. The minimum atomic E-state index is 0.506. The number of aryl methyl sites for hydroxylation is 1. The lowest BCUT2D eigenvalue weighted by atomic mass is 9.78. The summed E-state index contributed by atoms with van der Waals surface area (Å²) in [5, 5.41) is 9.74. The van der Waals surface area contributed by atoms with E-state index in [1.165, 1.54) is 38.7 Å². The van der Waals surface area contributed by atoms with Gasteiger partial charge in [-0.2, -0.15) is 0 Å². The van der Waals surface area contributed by atoms with Crippen LogP contribution in [-0.2, 0) is 0 Å². The molecule has 0 spiro atoms. The summed E-state index contributed by atoms with van der Waals surface area (Å²) in [5.41, 5.74) is 8.86. The van der Waals surface area contributed by atoms with Gasteiger partial charge in [0.1, 0.15) is 0 Å². The molecule has 128 valence electrons. The van der Waals surface area contributed by atoms with Crippen LogP contribution in [0.25, 0.3) is 22.9 Å². The summed E-state index contributed by atoms with van der Waals surface area (Å²) in [6.07, 6.45) is 10.4. The fourth-order valence-electron chi connectivity index (χ4n) is 4.39. The van der Waals surface area contributed by atoms with E-state index < -0.39 is 0 Å². The monoisotopic (exact) mass is 338 g/mol. The first-order chi connectivity index (χ1) is 12.8. The standard InChI is InChI=1S/C24H22N2/c1-15-14-18-11-10-16-6-5-7-17-12-13-19(23(18)22(16)17)24(15)26-21-9-4-3-8-20(21)25-2/h3-6,8-14,17,25-26H,7H2,1-2H3. The first-order valence-electron chi connectivity index (χ1n) is 9.25. The highest BCUT2D eigenvalue weighted by Crippen LogP contribution is 2.45. The number of hydrogen-bond donors (Lipinski definition) is 2. The Morgan fingerprint density at radius 2 is 1.85 bits per heavy atom. The van der Waals surface area contributed by atoms with Crippen LogP contribution in [0.5, 0.6) is 0 Å². The zero-order valence-electron chi connectivity index (χ0n) is 15.1. The van der Waals surface area contributed by atoms with Crippen LogP contribution in [0.4, 0.5) is 17.1 Å². The van der Waals surface area contributed by atoms with Crippen LogP contribution in [0.15, 0.2) is 54.6 Å². The second kappa shape index (κ2) is 5.77. The van der Waals surface area contributed by atoms with Crippen LogP contribution in [0.3, 0.4) is 0 Å². The van der Waals surface area contributed by atoms with Gasteiger partial charge in [0, 0.05) is 24.2 Å². The number of benzene rings is 3. The summed E-state index contributed by atoms with van der Waals surface area (Å²) >= 11 is 0. The number of rotatable bonds is 3. The van der Waals surface area contributed by atoms with E-state index in [1.54, 1.807) is 0 Å². The zero-order valence-corrected chi connectivity index (χ0v) is 15.1. The Bertz CT molecular complexity index is 1090. The van der Waals surface area contributed by atoms with Crippen LogP contribution in [0, 0.1) is 6.92 Å². The molecule has 2 N–H and O–H groups in total. The molecule has 0 saturated heterocycles. The van der Waals surface area contributed by atoms with Crippen molar-refractivity contribution in [1.82, 2.24) is 0 Å². The number of nitrogens with one attached hydrogen (secondary N) is 2. The summed E-state index contributed by atoms with van der Waals surface area (Å²) in [4.78, 5) is 0. The van der Waals surface area contributed by atoms with Crippen LogP contribution in [0.1, 0.15) is 34.6 Å². The smallest absolute Gasteiger partial charge is 0.0620 e. The summed E-state index contributed by atoms with van der Waals surface area (Å²) in [6, 6.07) is 15.2. The van der Waals surface area contributed by atoms with E-state index in [1.807, 2.05) is 7.05 Å². The van der Waals surface area contributed by atoms with Crippen molar-refractivity contribution < 1.29 is 0 Å². The van der Waals surface area contributed by atoms with Gasteiger partial charge in [0.05, 0.1) is 11.4 Å². The first-order valence-corrected chi connectivity index (χ1v) is 9.25. The molecule has 0 fully saturated rings. The molecule has 0 saturated carbocycles. The quantitative estimate of drug-likeness (QED) is 0.572. The van der Waals surface area contributed by atoms with E-state index in [0.29, 0.717) is 5.92 Å². The predicted molar refractivity (Wildman–Crippen MR) is 113 cm³/mol. The number of hydrogen-bond acceptors (Lipinski definition) is 2. The number of allylic oxidation sites excluding steroid dienone is 2. The number of para-hydroxylation sites is 2. The van der Waals surface area contributed by atoms with Crippen LogP contribution >= 0.6 is 0 Å². The summed E-state index contributed by atoms with van der Waals surface area (Å²) in [5.74, 6) is 0.506. The van der Waals surface area contributed by atoms with E-state index in [2.05, 4.69) is 84.3 Å². The molecule has 0 aliphatic heterocycles. The molecule has 3 aromatic carbocycles. The van der Waals surface area contributed by atoms with Gasteiger partial charge in [-0.1, -0.05) is 48.6 Å². The third kappa shape index (κ3) is 2.19. The molecule has 0 amide bonds. The lowest BCUT2D eigenvalue weighted by Crippen LogP contribution is -2.09. The highest BCUT2D eigenvalue weighted by atomic mass is 14.9. The van der Waals surface area contributed by atoms with Crippen molar-refractivity contribution >= 4 is 40.0 Å². The minimum Gasteiger partial charge on any atom is -0.386 e. The van der Waals surface area contributed by atoms with Crippen LogP contribution in [0.2, 0.25) is 0 Å². The van der Waals surface area contributed by atoms with Crippen molar-refractivity contribution in [2.45, 2.75) is 19.3 Å². The molecule has 2 heteroatoms. The Hall–Kier alpha value is -3.00. The van der Waals surface area contributed by atoms with Gasteiger partial charge in [-0.25, -0.2) is 0 Å². The van der Waals surface area contributed by atoms with Crippen molar-refractivity contribution in [3.8, 4) is 0 Å². The van der Waals surface area contributed by atoms with Crippen molar-refractivity contribution in [2.75, 3.05) is 17.7 Å². The second-order valence-electron chi connectivity index (χ2n) is 7.17. The van der Waals surface area contributed by atoms with Gasteiger partial charge in [-0.15, -0.1) is 0 Å². The summed E-state index contributed by atoms with van der Waals surface area (Å²) < 4.78 is 0.